The minimum atomic E-state index is -0.730. The highest BCUT2D eigenvalue weighted by Gasteiger charge is 2.18. The fraction of sp³-hybridized carbons (Fsp3) is 0.320. The van der Waals surface area contributed by atoms with Gasteiger partial charge in [-0.3, -0.25) is 23.3 Å². The van der Waals surface area contributed by atoms with Crippen LogP contribution in [0.15, 0.2) is 50.4 Å². The molecule has 2 N–H and O–H groups in total. The van der Waals surface area contributed by atoms with Crippen molar-refractivity contribution in [3.63, 3.8) is 0 Å². The average molecular weight is 497 g/mol. The molecule has 35 heavy (non-hydrogen) atoms. The molecule has 10 heteroatoms. The molecule has 0 aliphatic carbocycles. The zero-order valence-corrected chi connectivity index (χ0v) is 20.7. The lowest BCUT2D eigenvalue weighted by molar-refractivity contribution is 0.390. The number of unbranched alkanes of at least 4 members (excludes halogenated alkanes) is 1. The van der Waals surface area contributed by atoms with E-state index in [2.05, 4.69) is 5.73 Å². The number of nitrogens with zero attached hydrogens (tertiary/aromatic N) is 4. The molecule has 0 saturated carbocycles. The molecule has 1 aromatic carbocycles. The summed E-state index contributed by atoms with van der Waals surface area (Å²) in [5.74, 6) is -0.798. The Morgan fingerprint density at radius 3 is 2.00 bits per heavy atom. The lowest BCUT2D eigenvalue weighted by Gasteiger charge is -2.14. The Morgan fingerprint density at radius 1 is 0.857 bits per heavy atom. The van der Waals surface area contributed by atoms with Gasteiger partial charge in [-0.15, -0.1) is 5.73 Å². The molecule has 0 spiro atoms. The van der Waals surface area contributed by atoms with Crippen LogP contribution in [0.25, 0.3) is 17.8 Å². The van der Waals surface area contributed by atoms with Gasteiger partial charge in [-0.25, -0.2) is 9.36 Å². The standard InChI is InChI=1S/C25H28N4O5S/c1-4-7-16-28-22(32)19(23(33)29(24(28)34)17-12-9-8-10-13-17)15-11-14-18-20(30)26(5-2)25(35)27(6-3)21(18)31/h8-10,12-15,30,32H,4-7,16H2,1-3H3. The number of rotatable bonds is 8. The predicted molar refractivity (Wildman–Crippen MR) is 138 cm³/mol. The van der Waals surface area contributed by atoms with E-state index in [0.717, 1.165) is 15.6 Å². The number of benzene rings is 1. The second-order valence-corrected chi connectivity index (χ2v) is 8.14. The van der Waals surface area contributed by atoms with Crippen LogP contribution < -0.4 is 16.8 Å². The summed E-state index contributed by atoms with van der Waals surface area (Å²) >= 11 is 5.28. The quantitative estimate of drug-likeness (QED) is 0.366. The van der Waals surface area contributed by atoms with E-state index in [4.69, 9.17) is 12.2 Å². The van der Waals surface area contributed by atoms with Crippen molar-refractivity contribution in [3.05, 3.63) is 83.2 Å². The molecule has 3 aromatic rings. The Kier molecular flexibility index (Phi) is 8.11. The van der Waals surface area contributed by atoms with Crippen molar-refractivity contribution in [3.8, 4) is 17.4 Å². The molecule has 0 saturated heterocycles. The van der Waals surface area contributed by atoms with Crippen LogP contribution in [0, 0.1) is 4.77 Å². The zero-order valence-electron chi connectivity index (χ0n) is 19.9. The van der Waals surface area contributed by atoms with Crippen LogP contribution in [0.5, 0.6) is 11.8 Å². The summed E-state index contributed by atoms with van der Waals surface area (Å²) in [6.07, 6.45) is 3.83. The van der Waals surface area contributed by atoms with Crippen molar-refractivity contribution in [2.24, 2.45) is 0 Å². The van der Waals surface area contributed by atoms with E-state index in [9.17, 15) is 24.6 Å². The molecular weight excluding hydrogens is 468 g/mol. The van der Waals surface area contributed by atoms with Crippen molar-refractivity contribution in [2.45, 2.75) is 53.2 Å². The van der Waals surface area contributed by atoms with E-state index in [-0.39, 0.29) is 28.3 Å². The van der Waals surface area contributed by atoms with Gasteiger partial charge in [0, 0.05) is 19.6 Å². The highest BCUT2D eigenvalue weighted by Crippen LogP contribution is 2.17. The maximum atomic E-state index is 13.2. The maximum Gasteiger partial charge on any atom is 0.338 e. The summed E-state index contributed by atoms with van der Waals surface area (Å²) in [6.45, 7) is 6.38. The number of aromatic hydroxyl groups is 2. The first-order valence-electron chi connectivity index (χ1n) is 11.4. The third-order valence-corrected chi connectivity index (χ3v) is 6.06. The van der Waals surface area contributed by atoms with Gasteiger partial charge in [0.05, 0.1) is 5.69 Å². The molecule has 0 radical (unpaired) electrons. The third kappa shape index (κ3) is 4.84. The third-order valence-electron chi connectivity index (χ3n) is 5.62. The fourth-order valence-corrected chi connectivity index (χ4v) is 4.14. The monoisotopic (exact) mass is 496 g/mol. The van der Waals surface area contributed by atoms with Crippen molar-refractivity contribution < 1.29 is 10.2 Å². The summed E-state index contributed by atoms with van der Waals surface area (Å²) in [4.78, 5) is 39.1. The van der Waals surface area contributed by atoms with Crippen LogP contribution in [-0.4, -0.2) is 28.5 Å². The Morgan fingerprint density at radius 2 is 1.43 bits per heavy atom. The first kappa shape index (κ1) is 25.7. The highest BCUT2D eigenvalue weighted by atomic mass is 32.1. The summed E-state index contributed by atoms with van der Waals surface area (Å²) in [5.41, 5.74) is 0.983. The van der Waals surface area contributed by atoms with Crippen LogP contribution in [0.2, 0.25) is 0 Å². The van der Waals surface area contributed by atoms with Crippen LogP contribution >= 0.6 is 12.2 Å². The Balaban J connectivity index is 2.28. The SMILES string of the molecule is CCCCn1c(O)c(C=C=Cc2c(O)n(CC)c(=S)n(CC)c2=O)c(=O)n(-c2ccccc2)c1=O. The van der Waals surface area contributed by atoms with Gasteiger partial charge < -0.3 is 10.2 Å². The molecule has 3 rings (SSSR count). The largest absolute Gasteiger partial charge is 0.494 e. The Bertz CT molecular complexity index is 1540. The summed E-state index contributed by atoms with van der Waals surface area (Å²) in [5, 5.41) is 21.4. The predicted octanol–water partition coefficient (Wildman–Crippen LogP) is 3.27. The van der Waals surface area contributed by atoms with Gasteiger partial charge in [0.15, 0.2) is 4.77 Å². The van der Waals surface area contributed by atoms with Gasteiger partial charge in [0.25, 0.3) is 11.1 Å². The number of aromatic nitrogens is 4. The lowest BCUT2D eigenvalue weighted by atomic mass is 10.2. The van der Waals surface area contributed by atoms with Gasteiger partial charge >= 0.3 is 5.69 Å². The normalized spacial score (nSPS) is 10.7. The lowest BCUT2D eigenvalue weighted by Crippen LogP contribution is -2.39. The minimum absolute atomic E-state index is 0.0549. The van der Waals surface area contributed by atoms with Crippen molar-refractivity contribution >= 4 is 24.4 Å². The number of para-hydroxylation sites is 1. The van der Waals surface area contributed by atoms with Gasteiger partial charge in [-0.1, -0.05) is 31.5 Å². The topological polar surface area (TPSA) is 111 Å². The molecule has 0 amide bonds. The van der Waals surface area contributed by atoms with Crippen LogP contribution in [0.1, 0.15) is 44.7 Å². The molecular formula is C25H28N4O5S. The van der Waals surface area contributed by atoms with E-state index >= 15 is 0 Å². The molecule has 0 aliphatic heterocycles. The van der Waals surface area contributed by atoms with E-state index in [1.807, 2.05) is 6.92 Å². The second kappa shape index (κ2) is 11.0. The molecule has 0 unspecified atom stereocenters. The minimum Gasteiger partial charge on any atom is -0.494 e. The summed E-state index contributed by atoms with van der Waals surface area (Å²) in [7, 11) is 0. The summed E-state index contributed by atoms with van der Waals surface area (Å²) in [6, 6.07) is 8.41. The molecule has 0 atom stereocenters. The van der Waals surface area contributed by atoms with Gasteiger partial charge in [0.2, 0.25) is 11.8 Å². The van der Waals surface area contributed by atoms with E-state index in [1.165, 1.54) is 21.3 Å². The Hall–Kier alpha value is -3.88. The second-order valence-electron chi connectivity index (χ2n) is 7.77. The number of hydrogen-bond acceptors (Lipinski definition) is 6. The van der Waals surface area contributed by atoms with Crippen LogP contribution in [0.3, 0.4) is 0 Å². The number of hydrogen-bond donors (Lipinski definition) is 2. The smallest absolute Gasteiger partial charge is 0.338 e. The van der Waals surface area contributed by atoms with Crippen LogP contribution in [-0.2, 0) is 19.6 Å². The molecule has 0 fully saturated rings. The maximum absolute atomic E-state index is 13.2. The van der Waals surface area contributed by atoms with Crippen LogP contribution in [0.4, 0.5) is 0 Å². The van der Waals surface area contributed by atoms with Crippen molar-refractivity contribution in [1.29, 1.82) is 0 Å². The van der Waals surface area contributed by atoms with E-state index in [1.54, 1.807) is 44.2 Å². The van der Waals surface area contributed by atoms with Crippen molar-refractivity contribution in [2.75, 3.05) is 0 Å². The molecule has 2 aromatic heterocycles. The zero-order chi connectivity index (χ0) is 25.7. The highest BCUT2D eigenvalue weighted by molar-refractivity contribution is 7.71. The summed E-state index contributed by atoms with van der Waals surface area (Å²) < 4.78 is 5.09. The first-order valence-corrected chi connectivity index (χ1v) is 11.8. The molecule has 2 heterocycles. The molecule has 0 aliphatic rings. The molecule has 184 valence electrons. The fourth-order valence-electron chi connectivity index (χ4n) is 3.72. The van der Waals surface area contributed by atoms with Gasteiger partial charge in [-0.05, 0) is 56.8 Å². The van der Waals surface area contributed by atoms with E-state index in [0.29, 0.717) is 25.2 Å². The average Bonchev–Trinajstić information content (AvgIpc) is 2.84. The van der Waals surface area contributed by atoms with Crippen molar-refractivity contribution in [1.82, 2.24) is 18.3 Å². The van der Waals surface area contributed by atoms with E-state index < -0.39 is 22.7 Å². The molecule has 9 nitrogen and oxygen atoms in total. The van der Waals surface area contributed by atoms with Gasteiger partial charge in [-0.2, -0.15) is 0 Å². The van der Waals surface area contributed by atoms with Gasteiger partial charge in [0.1, 0.15) is 11.1 Å². The Labute approximate surface area is 206 Å². The first-order chi connectivity index (χ1) is 16.8. The molecule has 0 bridgehead atoms.